The Labute approximate surface area is 140 Å². The molecule has 0 spiro atoms. The first-order valence-corrected chi connectivity index (χ1v) is 7.87. The average Bonchev–Trinajstić information content (AvgIpc) is 2.78. The van der Waals surface area contributed by atoms with Crippen molar-refractivity contribution in [3.05, 3.63) is 65.2 Å². The second-order valence-electron chi connectivity index (χ2n) is 6.91. The molecule has 2 aromatic carbocycles. The lowest BCUT2D eigenvalue weighted by molar-refractivity contribution is -0.0684. The van der Waals surface area contributed by atoms with Gasteiger partial charge in [-0.2, -0.15) is 0 Å². The lowest BCUT2D eigenvalue weighted by Gasteiger charge is -2.54. The molecule has 118 valence electrons. The Bertz CT molecular complexity index is 817. The molecule has 2 aliphatic rings. The van der Waals surface area contributed by atoms with Crippen LogP contribution in [0.1, 0.15) is 46.0 Å². The van der Waals surface area contributed by atoms with Crippen LogP contribution in [-0.2, 0) is 5.54 Å². The molecule has 2 aromatic rings. The molecule has 4 rings (SSSR count). The number of rotatable bonds is 2. The third-order valence-electron chi connectivity index (χ3n) is 4.99. The van der Waals surface area contributed by atoms with Gasteiger partial charge in [-0.3, -0.25) is 14.5 Å². The fourth-order valence-electron chi connectivity index (χ4n) is 4.03. The molecule has 24 heavy (non-hydrogen) atoms. The number of nitrogens with zero attached hydrogens (tertiary/aromatic N) is 1. The zero-order valence-corrected chi connectivity index (χ0v) is 13.3. The van der Waals surface area contributed by atoms with Gasteiger partial charge in [-0.1, -0.05) is 41.9 Å². The predicted octanol–water partition coefficient (Wildman–Crippen LogP) is 2.49. The minimum atomic E-state index is -1.41. The minimum Gasteiger partial charge on any atom is -0.269 e. The quantitative estimate of drug-likeness (QED) is 0.630. The number of carbonyl (C=O) groups excluding carboxylic acids is 2. The largest absolute Gasteiger partial charge is 0.269 e. The first-order valence-electron chi connectivity index (χ1n) is 7.87. The van der Waals surface area contributed by atoms with E-state index in [0.717, 1.165) is 5.56 Å². The third kappa shape index (κ3) is 1.97. The molecule has 0 unspecified atom stereocenters. The Morgan fingerprint density at radius 1 is 0.958 bits per heavy atom. The molecule has 1 aliphatic carbocycles. The molecule has 2 radical (unpaired) electrons. The van der Waals surface area contributed by atoms with Gasteiger partial charge in [-0.05, 0) is 24.6 Å². The van der Waals surface area contributed by atoms with Gasteiger partial charge in [0, 0.05) is 12.8 Å². The number of amides is 2. The van der Waals surface area contributed by atoms with Crippen molar-refractivity contribution in [2.75, 3.05) is 0 Å². The van der Waals surface area contributed by atoms with E-state index in [1.165, 1.54) is 11.8 Å². The fourth-order valence-corrected chi connectivity index (χ4v) is 4.03. The van der Waals surface area contributed by atoms with Crippen LogP contribution in [0, 0.1) is 0 Å². The van der Waals surface area contributed by atoms with Crippen molar-refractivity contribution in [2.45, 2.75) is 31.0 Å². The molecule has 3 nitrogen and oxygen atoms in total. The highest BCUT2D eigenvalue weighted by Crippen LogP contribution is 2.56. The molecule has 0 bridgehead atoms. The Balaban J connectivity index is 1.84. The van der Waals surface area contributed by atoms with Crippen molar-refractivity contribution in [3.63, 3.8) is 0 Å². The summed E-state index contributed by atoms with van der Waals surface area (Å²) in [5.41, 5.74) is -0.282. The fraction of sp³-hybridized carbons (Fsp3) is 0.263. The molecule has 2 amide bonds. The number of halogens is 1. The van der Waals surface area contributed by atoms with E-state index in [9.17, 15) is 14.0 Å². The maximum absolute atomic E-state index is 14.4. The van der Waals surface area contributed by atoms with Gasteiger partial charge in [0.05, 0.1) is 16.7 Å². The normalized spacial score (nSPS) is 28.7. The van der Waals surface area contributed by atoms with E-state index in [4.69, 9.17) is 7.85 Å². The molecule has 0 aromatic heterocycles. The number of carbonyl (C=O) groups is 2. The monoisotopic (exact) mass is 319 g/mol. The first kappa shape index (κ1) is 15.1. The maximum Gasteiger partial charge on any atom is 0.262 e. The summed E-state index contributed by atoms with van der Waals surface area (Å²) >= 11 is 0. The SMILES string of the molecule is [B]c1ccc(C2(N3C(=O)c4ccccc4C3=O)CC(C)(F)C2)cc1. The van der Waals surface area contributed by atoms with Gasteiger partial charge >= 0.3 is 0 Å². The summed E-state index contributed by atoms with van der Waals surface area (Å²) < 4.78 is 14.4. The number of fused-ring (bicyclic) bond motifs is 1. The summed E-state index contributed by atoms with van der Waals surface area (Å²) in [6.07, 6.45) is 0.185. The number of hydrogen-bond acceptors (Lipinski definition) is 2. The van der Waals surface area contributed by atoms with Gasteiger partial charge < -0.3 is 0 Å². The Kier molecular flexibility index (Phi) is 3.02. The van der Waals surface area contributed by atoms with E-state index in [-0.39, 0.29) is 24.7 Å². The smallest absolute Gasteiger partial charge is 0.262 e. The van der Waals surface area contributed by atoms with Crippen LogP contribution in [0.15, 0.2) is 48.5 Å². The van der Waals surface area contributed by atoms with Crippen molar-refractivity contribution in [1.82, 2.24) is 4.90 Å². The van der Waals surface area contributed by atoms with Crippen LogP contribution in [-0.4, -0.2) is 30.2 Å². The standard InChI is InChI=1S/C19H15BFNO2/c1-18(21)10-19(11-18,12-6-8-13(20)9-7-12)22-16(23)14-4-2-3-5-15(14)17(22)24/h2-9H,10-11H2,1H3. The molecule has 5 heteroatoms. The predicted molar refractivity (Wildman–Crippen MR) is 89.2 cm³/mol. The van der Waals surface area contributed by atoms with E-state index in [1.807, 2.05) is 0 Å². The van der Waals surface area contributed by atoms with Gasteiger partial charge in [-0.25, -0.2) is 4.39 Å². The van der Waals surface area contributed by atoms with Crippen LogP contribution in [0.4, 0.5) is 4.39 Å². The number of hydrogen-bond donors (Lipinski definition) is 0. The van der Waals surface area contributed by atoms with Crippen molar-refractivity contribution in [2.24, 2.45) is 0 Å². The summed E-state index contributed by atoms with van der Waals surface area (Å²) in [7, 11) is 5.74. The molecule has 0 atom stereocenters. The molecule has 0 saturated heterocycles. The van der Waals surface area contributed by atoms with Crippen LogP contribution < -0.4 is 5.46 Å². The molecular weight excluding hydrogens is 304 g/mol. The van der Waals surface area contributed by atoms with E-state index >= 15 is 0 Å². The van der Waals surface area contributed by atoms with E-state index < -0.39 is 11.2 Å². The number of imide groups is 1. The highest BCUT2D eigenvalue weighted by atomic mass is 19.1. The van der Waals surface area contributed by atoms with Gasteiger partial charge in [0.2, 0.25) is 0 Å². The van der Waals surface area contributed by atoms with E-state index in [1.54, 1.807) is 48.5 Å². The van der Waals surface area contributed by atoms with Crippen LogP contribution in [0.3, 0.4) is 0 Å². The molecule has 1 fully saturated rings. The van der Waals surface area contributed by atoms with Crippen molar-refractivity contribution in [3.8, 4) is 0 Å². The van der Waals surface area contributed by atoms with Crippen LogP contribution in [0.25, 0.3) is 0 Å². The summed E-state index contributed by atoms with van der Waals surface area (Å²) in [6, 6.07) is 13.7. The number of alkyl halides is 1. The maximum atomic E-state index is 14.4. The van der Waals surface area contributed by atoms with Gasteiger partial charge in [-0.15, -0.1) is 0 Å². The van der Waals surface area contributed by atoms with Crippen LogP contribution >= 0.6 is 0 Å². The molecule has 1 saturated carbocycles. The zero-order chi connectivity index (χ0) is 17.1. The summed E-state index contributed by atoms with van der Waals surface area (Å²) in [4.78, 5) is 27.0. The second-order valence-corrected chi connectivity index (χ2v) is 6.91. The average molecular weight is 319 g/mol. The van der Waals surface area contributed by atoms with Crippen molar-refractivity contribution in [1.29, 1.82) is 0 Å². The zero-order valence-electron chi connectivity index (χ0n) is 13.3. The van der Waals surface area contributed by atoms with Gasteiger partial charge in [0.15, 0.2) is 0 Å². The summed E-state index contributed by atoms with van der Waals surface area (Å²) in [6.45, 7) is 1.50. The molecule has 0 N–H and O–H groups in total. The van der Waals surface area contributed by atoms with Gasteiger partial charge in [0.25, 0.3) is 11.8 Å². The van der Waals surface area contributed by atoms with E-state index in [0.29, 0.717) is 16.6 Å². The summed E-state index contributed by atoms with van der Waals surface area (Å²) in [5, 5.41) is 0. The second kappa shape index (κ2) is 4.79. The third-order valence-corrected chi connectivity index (χ3v) is 4.99. The topological polar surface area (TPSA) is 37.4 Å². The van der Waals surface area contributed by atoms with Crippen molar-refractivity contribution >= 4 is 25.1 Å². The summed E-state index contributed by atoms with van der Waals surface area (Å²) in [5.74, 6) is -0.717. The van der Waals surface area contributed by atoms with E-state index in [2.05, 4.69) is 0 Å². The van der Waals surface area contributed by atoms with Crippen LogP contribution in [0.5, 0.6) is 0 Å². The highest BCUT2D eigenvalue weighted by Gasteiger charge is 2.61. The van der Waals surface area contributed by atoms with Crippen LogP contribution in [0.2, 0.25) is 0 Å². The number of benzene rings is 2. The Hall–Kier alpha value is -2.43. The van der Waals surface area contributed by atoms with Gasteiger partial charge in [0.1, 0.15) is 13.5 Å². The van der Waals surface area contributed by atoms with Crippen molar-refractivity contribution < 1.29 is 14.0 Å². The molecule has 1 aliphatic heterocycles. The minimum absolute atomic E-state index is 0.0926. The lowest BCUT2D eigenvalue weighted by atomic mass is 9.62. The Morgan fingerprint density at radius 2 is 1.46 bits per heavy atom. The lowest BCUT2D eigenvalue weighted by Crippen LogP contribution is -2.62. The highest BCUT2D eigenvalue weighted by molar-refractivity contribution is 6.32. The molecule has 1 heterocycles. The molecular formula is C19H15BFNO2. The first-order chi connectivity index (χ1) is 11.3. The Morgan fingerprint density at radius 3 is 1.92 bits per heavy atom.